The Morgan fingerprint density at radius 1 is 1.33 bits per heavy atom. The predicted molar refractivity (Wildman–Crippen MR) is 71.6 cm³/mol. The van der Waals surface area contributed by atoms with E-state index in [1.807, 2.05) is 24.3 Å². The van der Waals surface area contributed by atoms with Gasteiger partial charge in [0.15, 0.2) is 0 Å². The summed E-state index contributed by atoms with van der Waals surface area (Å²) >= 11 is 0. The fourth-order valence-corrected chi connectivity index (χ4v) is 2.33. The van der Waals surface area contributed by atoms with Crippen LogP contribution in [0.3, 0.4) is 0 Å². The predicted octanol–water partition coefficient (Wildman–Crippen LogP) is 2.15. The molecule has 18 heavy (non-hydrogen) atoms. The minimum atomic E-state index is 0.0927. The molecular formula is C14H20N2O2. The highest BCUT2D eigenvalue weighted by Gasteiger charge is 2.24. The highest BCUT2D eigenvalue weighted by Crippen LogP contribution is 2.25. The van der Waals surface area contributed by atoms with Crippen molar-refractivity contribution in [2.75, 3.05) is 12.4 Å². The quantitative estimate of drug-likeness (QED) is 0.861. The monoisotopic (exact) mass is 248 g/mol. The standard InChI is InChI=1S/C14H20N2O2/c1-18-13-4-2-3-12(9-13)16-14(17)10-5-7-11(15)8-6-10/h2-4,9-11H,5-8,15H2,1H3,(H,16,17). The van der Waals surface area contributed by atoms with Gasteiger partial charge in [0, 0.05) is 23.7 Å². The first-order chi connectivity index (χ1) is 8.69. The maximum atomic E-state index is 12.1. The van der Waals surface area contributed by atoms with Gasteiger partial charge in [-0.15, -0.1) is 0 Å². The largest absolute Gasteiger partial charge is 0.497 e. The van der Waals surface area contributed by atoms with Gasteiger partial charge in [-0.1, -0.05) is 6.07 Å². The molecule has 1 amide bonds. The molecule has 1 aromatic carbocycles. The fraction of sp³-hybridized carbons (Fsp3) is 0.500. The molecule has 1 aliphatic carbocycles. The molecular weight excluding hydrogens is 228 g/mol. The Labute approximate surface area is 108 Å². The number of nitrogens with one attached hydrogen (secondary N) is 1. The molecule has 98 valence electrons. The molecule has 4 heteroatoms. The van der Waals surface area contributed by atoms with Crippen molar-refractivity contribution in [2.45, 2.75) is 31.7 Å². The van der Waals surface area contributed by atoms with E-state index in [0.717, 1.165) is 37.1 Å². The normalized spacial score (nSPS) is 23.4. The van der Waals surface area contributed by atoms with E-state index in [4.69, 9.17) is 10.5 Å². The number of methoxy groups -OCH3 is 1. The van der Waals surface area contributed by atoms with Crippen LogP contribution in [0, 0.1) is 5.92 Å². The van der Waals surface area contributed by atoms with Gasteiger partial charge in [-0.25, -0.2) is 0 Å². The average Bonchev–Trinajstić information content (AvgIpc) is 2.39. The molecule has 0 atom stereocenters. The van der Waals surface area contributed by atoms with Crippen LogP contribution in [0.2, 0.25) is 0 Å². The van der Waals surface area contributed by atoms with Crippen LogP contribution in [0.1, 0.15) is 25.7 Å². The Morgan fingerprint density at radius 3 is 2.72 bits per heavy atom. The van der Waals surface area contributed by atoms with Crippen LogP contribution >= 0.6 is 0 Å². The molecule has 0 saturated heterocycles. The molecule has 0 aliphatic heterocycles. The van der Waals surface area contributed by atoms with E-state index in [0.29, 0.717) is 0 Å². The summed E-state index contributed by atoms with van der Waals surface area (Å²) in [4.78, 5) is 12.1. The number of anilines is 1. The van der Waals surface area contributed by atoms with E-state index in [9.17, 15) is 4.79 Å². The van der Waals surface area contributed by atoms with Gasteiger partial charge >= 0.3 is 0 Å². The van der Waals surface area contributed by atoms with E-state index >= 15 is 0 Å². The molecule has 3 N–H and O–H groups in total. The number of benzene rings is 1. The molecule has 0 bridgehead atoms. The van der Waals surface area contributed by atoms with E-state index < -0.39 is 0 Å². The third-order valence-electron chi connectivity index (χ3n) is 3.48. The van der Waals surface area contributed by atoms with E-state index in [2.05, 4.69) is 5.32 Å². The van der Waals surface area contributed by atoms with Crippen molar-refractivity contribution in [3.63, 3.8) is 0 Å². The number of carbonyl (C=O) groups is 1. The molecule has 4 nitrogen and oxygen atoms in total. The molecule has 0 unspecified atom stereocenters. The van der Waals surface area contributed by atoms with Crippen LogP contribution in [0.4, 0.5) is 5.69 Å². The summed E-state index contributed by atoms with van der Waals surface area (Å²) < 4.78 is 5.13. The Bertz CT molecular complexity index is 412. The molecule has 1 aromatic rings. The van der Waals surface area contributed by atoms with E-state index in [-0.39, 0.29) is 17.9 Å². The number of rotatable bonds is 3. The van der Waals surface area contributed by atoms with Gasteiger partial charge in [0.05, 0.1) is 7.11 Å². The molecule has 0 aromatic heterocycles. The van der Waals surface area contributed by atoms with Crippen molar-refractivity contribution >= 4 is 11.6 Å². The SMILES string of the molecule is COc1cccc(NC(=O)C2CCC(N)CC2)c1. The Hall–Kier alpha value is -1.55. The van der Waals surface area contributed by atoms with Gasteiger partial charge < -0.3 is 15.8 Å². The second-order valence-electron chi connectivity index (χ2n) is 4.83. The number of nitrogens with two attached hydrogens (primary N) is 1. The smallest absolute Gasteiger partial charge is 0.227 e. The molecule has 0 spiro atoms. The first-order valence-electron chi connectivity index (χ1n) is 6.39. The van der Waals surface area contributed by atoms with Crippen molar-refractivity contribution in [3.8, 4) is 5.75 Å². The number of hydrogen-bond donors (Lipinski definition) is 2. The fourth-order valence-electron chi connectivity index (χ4n) is 2.33. The summed E-state index contributed by atoms with van der Waals surface area (Å²) in [5.41, 5.74) is 6.63. The lowest BCUT2D eigenvalue weighted by Crippen LogP contribution is -2.32. The molecule has 1 fully saturated rings. The van der Waals surface area contributed by atoms with Gasteiger partial charge in [-0.2, -0.15) is 0 Å². The molecule has 2 rings (SSSR count). The maximum Gasteiger partial charge on any atom is 0.227 e. The highest BCUT2D eigenvalue weighted by atomic mass is 16.5. The van der Waals surface area contributed by atoms with Crippen molar-refractivity contribution in [1.29, 1.82) is 0 Å². The summed E-state index contributed by atoms with van der Waals surface area (Å²) in [7, 11) is 1.61. The van der Waals surface area contributed by atoms with Gasteiger partial charge in [0.1, 0.15) is 5.75 Å². The Kier molecular flexibility index (Phi) is 4.20. The number of amides is 1. The van der Waals surface area contributed by atoms with Gasteiger partial charge in [-0.3, -0.25) is 4.79 Å². The zero-order chi connectivity index (χ0) is 13.0. The number of carbonyl (C=O) groups excluding carboxylic acids is 1. The van der Waals surface area contributed by atoms with Crippen molar-refractivity contribution in [3.05, 3.63) is 24.3 Å². The summed E-state index contributed by atoms with van der Waals surface area (Å²) in [5.74, 6) is 0.935. The molecule has 0 heterocycles. The average molecular weight is 248 g/mol. The first-order valence-corrected chi connectivity index (χ1v) is 6.39. The van der Waals surface area contributed by atoms with Crippen LogP contribution in [0.5, 0.6) is 5.75 Å². The van der Waals surface area contributed by atoms with Gasteiger partial charge in [0.25, 0.3) is 0 Å². The van der Waals surface area contributed by atoms with Crippen LogP contribution in [-0.2, 0) is 4.79 Å². The minimum Gasteiger partial charge on any atom is -0.497 e. The summed E-state index contributed by atoms with van der Waals surface area (Å²) in [6.45, 7) is 0. The lowest BCUT2D eigenvalue weighted by molar-refractivity contribution is -0.120. The minimum absolute atomic E-state index is 0.0927. The zero-order valence-electron chi connectivity index (χ0n) is 10.7. The van der Waals surface area contributed by atoms with Crippen molar-refractivity contribution < 1.29 is 9.53 Å². The van der Waals surface area contributed by atoms with E-state index in [1.54, 1.807) is 7.11 Å². The molecule has 1 saturated carbocycles. The summed E-state index contributed by atoms with van der Waals surface area (Å²) in [6.07, 6.45) is 3.65. The van der Waals surface area contributed by atoms with Crippen LogP contribution in [-0.4, -0.2) is 19.1 Å². The number of hydrogen-bond acceptors (Lipinski definition) is 3. The van der Waals surface area contributed by atoms with Gasteiger partial charge in [-0.05, 0) is 37.8 Å². The highest BCUT2D eigenvalue weighted by molar-refractivity contribution is 5.92. The second-order valence-corrected chi connectivity index (χ2v) is 4.83. The van der Waals surface area contributed by atoms with Crippen LogP contribution < -0.4 is 15.8 Å². The van der Waals surface area contributed by atoms with Crippen LogP contribution in [0.25, 0.3) is 0 Å². The number of ether oxygens (including phenoxy) is 1. The Morgan fingerprint density at radius 2 is 2.06 bits per heavy atom. The lowest BCUT2D eigenvalue weighted by atomic mass is 9.86. The third-order valence-corrected chi connectivity index (χ3v) is 3.48. The van der Waals surface area contributed by atoms with Crippen molar-refractivity contribution in [1.82, 2.24) is 0 Å². The van der Waals surface area contributed by atoms with Gasteiger partial charge in [0.2, 0.25) is 5.91 Å². The lowest BCUT2D eigenvalue weighted by Gasteiger charge is -2.25. The second kappa shape index (κ2) is 5.87. The third kappa shape index (κ3) is 3.23. The Balaban J connectivity index is 1.94. The van der Waals surface area contributed by atoms with E-state index in [1.165, 1.54) is 0 Å². The molecule has 1 aliphatic rings. The summed E-state index contributed by atoms with van der Waals surface area (Å²) in [6, 6.07) is 7.69. The maximum absolute atomic E-state index is 12.1. The first kappa shape index (κ1) is 12.9. The molecule has 0 radical (unpaired) electrons. The topological polar surface area (TPSA) is 64.3 Å². The summed E-state index contributed by atoms with van der Waals surface area (Å²) in [5, 5.41) is 2.94. The zero-order valence-corrected chi connectivity index (χ0v) is 10.7. The van der Waals surface area contributed by atoms with Crippen LogP contribution in [0.15, 0.2) is 24.3 Å². The van der Waals surface area contributed by atoms with Crippen molar-refractivity contribution in [2.24, 2.45) is 11.7 Å².